The van der Waals surface area contributed by atoms with Crippen LogP contribution in [0.15, 0.2) is 0 Å². The predicted molar refractivity (Wildman–Crippen MR) is 57.7 cm³/mol. The maximum Gasteiger partial charge on any atom is 0.308 e. The molecule has 0 aliphatic heterocycles. The first-order chi connectivity index (χ1) is 7.24. The van der Waals surface area contributed by atoms with E-state index < -0.39 is 23.6 Å². The molecule has 5 nitrogen and oxygen atoms in total. The van der Waals surface area contributed by atoms with E-state index in [0.717, 1.165) is 0 Å². The fraction of sp³-hybridized carbons (Fsp3) is 0.818. The van der Waals surface area contributed by atoms with Gasteiger partial charge in [0.1, 0.15) is 5.60 Å². The van der Waals surface area contributed by atoms with Crippen molar-refractivity contribution in [3.63, 3.8) is 0 Å². The zero-order valence-corrected chi connectivity index (χ0v) is 10.3. The molecule has 0 aliphatic rings. The van der Waals surface area contributed by atoms with Gasteiger partial charge in [0.2, 0.25) is 0 Å². The Morgan fingerprint density at radius 2 is 1.81 bits per heavy atom. The number of carbonyl (C=O) groups is 2. The summed E-state index contributed by atoms with van der Waals surface area (Å²) in [6.45, 7) is 5.27. The Morgan fingerprint density at radius 1 is 1.25 bits per heavy atom. The van der Waals surface area contributed by atoms with Crippen LogP contribution in [0, 0.1) is 0 Å². The lowest BCUT2D eigenvalue weighted by atomic mass is 10.1. The molecule has 0 unspecified atom stereocenters. The largest absolute Gasteiger partial charge is 0.469 e. The second kappa shape index (κ2) is 6.48. The summed E-state index contributed by atoms with van der Waals surface area (Å²) < 4.78 is 9.45. The highest BCUT2D eigenvalue weighted by Gasteiger charge is 2.19. The molecule has 1 N–H and O–H groups in total. The lowest BCUT2D eigenvalue weighted by molar-refractivity contribution is -0.157. The van der Waals surface area contributed by atoms with Gasteiger partial charge in [-0.25, -0.2) is 0 Å². The fourth-order valence-electron chi connectivity index (χ4n) is 1.06. The summed E-state index contributed by atoms with van der Waals surface area (Å²) >= 11 is 0. The summed E-state index contributed by atoms with van der Waals surface area (Å²) in [7, 11) is 1.28. The monoisotopic (exact) mass is 232 g/mol. The minimum Gasteiger partial charge on any atom is -0.469 e. The lowest BCUT2D eigenvalue weighted by Gasteiger charge is -2.20. The molecular formula is C11H20O5. The second-order valence-electron chi connectivity index (χ2n) is 4.56. The average molecular weight is 232 g/mol. The van der Waals surface area contributed by atoms with Gasteiger partial charge in [-0.05, 0) is 27.2 Å². The summed E-state index contributed by atoms with van der Waals surface area (Å²) in [5.74, 6) is -0.867. The van der Waals surface area contributed by atoms with Gasteiger partial charge in [0.25, 0.3) is 0 Å². The highest BCUT2D eigenvalue weighted by atomic mass is 16.6. The molecule has 0 aromatic carbocycles. The quantitative estimate of drug-likeness (QED) is 0.717. The summed E-state index contributed by atoms with van der Waals surface area (Å²) in [6.07, 6.45) is -0.672. The van der Waals surface area contributed by atoms with Crippen LogP contribution in [0.3, 0.4) is 0 Å². The third-order valence-electron chi connectivity index (χ3n) is 1.73. The molecule has 0 aromatic heterocycles. The van der Waals surface area contributed by atoms with Gasteiger partial charge in [-0.1, -0.05) is 0 Å². The van der Waals surface area contributed by atoms with E-state index in [2.05, 4.69) is 4.74 Å². The van der Waals surface area contributed by atoms with Gasteiger partial charge in [-0.3, -0.25) is 9.59 Å². The van der Waals surface area contributed by atoms with Crippen molar-refractivity contribution in [2.75, 3.05) is 7.11 Å². The summed E-state index contributed by atoms with van der Waals surface area (Å²) in [4.78, 5) is 22.1. The van der Waals surface area contributed by atoms with Gasteiger partial charge < -0.3 is 14.6 Å². The number of rotatable bonds is 5. The maximum absolute atomic E-state index is 11.3. The molecule has 0 aromatic rings. The van der Waals surface area contributed by atoms with Crippen molar-refractivity contribution in [3.05, 3.63) is 0 Å². The van der Waals surface area contributed by atoms with Crippen LogP contribution in [0.2, 0.25) is 0 Å². The van der Waals surface area contributed by atoms with Gasteiger partial charge >= 0.3 is 11.9 Å². The smallest absolute Gasteiger partial charge is 0.308 e. The van der Waals surface area contributed by atoms with Gasteiger partial charge in [0.05, 0.1) is 19.6 Å². The van der Waals surface area contributed by atoms with Crippen molar-refractivity contribution < 1.29 is 24.2 Å². The van der Waals surface area contributed by atoms with E-state index in [1.807, 2.05) is 0 Å². The maximum atomic E-state index is 11.3. The van der Waals surface area contributed by atoms with E-state index in [1.165, 1.54) is 7.11 Å². The van der Waals surface area contributed by atoms with Crippen LogP contribution in [-0.4, -0.2) is 35.9 Å². The number of aliphatic hydroxyl groups excluding tert-OH is 1. The van der Waals surface area contributed by atoms with Crippen molar-refractivity contribution >= 4 is 11.9 Å². The number of aliphatic hydroxyl groups is 1. The number of hydrogen-bond acceptors (Lipinski definition) is 5. The minimum absolute atomic E-state index is 0.0977. The lowest BCUT2D eigenvalue weighted by Crippen LogP contribution is -2.26. The zero-order valence-electron chi connectivity index (χ0n) is 10.3. The van der Waals surface area contributed by atoms with E-state index in [-0.39, 0.29) is 19.3 Å². The molecular weight excluding hydrogens is 212 g/mol. The van der Waals surface area contributed by atoms with E-state index in [4.69, 9.17) is 4.74 Å². The normalized spacial score (nSPS) is 13.1. The summed E-state index contributed by atoms with van der Waals surface area (Å²) in [6, 6.07) is 0. The van der Waals surface area contributed by atoms with Gasteiger partial charge in [0, 0.05) is 6.42 Å². The Morgan fingerprint density at radius 3 is 2.25 bits per heavy atom. The molecule has 1 atom stereocenters. The Labute approximate surface area is 95.7 Å². The summed E-state index contributed by atoms with van der Waals surface area (Å²) in [5, 5.41) is 9.45. The molecule has 0 fully saturated rings. The Kier molecular flexibility index (Phi) is 6.03. The zero-order chi connectivity index (χ0) is 12.8. The Balaban J connectivity index is 3.83. The van der Waals surface area contributed by atoms with Crippen LogP contribution >= 0.6 is 0 Å². The number of carbonyl (C=O) groups excluding carboxylic acids is 2. The molecule has 0 saturated carbocycles. The average Bonchev–Trinajstić information content (AvgIpc) is 2.10. The van der Waals surface area contributed by atoms with Crippen molar-refractivity contribution in [2.24, 2.45) is 0 Å². The topological polar surface area (TPSA) is 72.8 Å². The van der Waals surface area contributed by atoms with E-state index in [1.54, 1.807) is 20.8 Å². The third-order valence-corrected chi connectivity index (χ3v) is 1.73. The first-order valence-corrected chi connectivity index (χ1v) is 5.21. The predicted octanol–water partition coefficient (Wildman–Crippen LogP) is 1.03. The first-order valence-electron chi connectivity index (χ1n) is 5.21. The molecule has 5 heteroatoms. The minimum atomic E-state index is -0.867. The molecule has 0 spiro atoms. The standard InChI is InChI=1S/C11H20O5/c1-11(2,3)16-10(14)7-8(12)5-6-9(13)15-4/h8,12H,5-7H2,1-4H3/t8-/m0/s1. The third kappa shape index (κ3) is 8.23. The van der Waals surface area contributed by atoms with Crippen molar-refractivity contribution in [2.45, 2.75) is 51.7 Å². The molecule has 0 aliphatic carbocycles. The summed E-state index contributed by atoms with van der Waals surface area (Å²) in [5.41, 5.74) is -0.556. The molecule has 0 heterocycles. The van der Waals surface area contributed by atoms with Crippen LogP contribution in [0.25, 0.3) is 0 Å². The molecule has 94 valence electrons. The Bertz CT molecular complexity index is 241. The van der Waals surface area contributed by atoms with E-state index >= 15 is 0 Å². The van der Waals surface area contributed by atoms with Crippen LogP contribution < -0.4 is 0 Å². The molecule has 0 radical (unpaired) electrons. The van der Waals surface area contributed by atoms with E-state index in [9.17, 15) is 14.7 Å². The number of methoxy groups -OCH3 is 1. The molecule has 0 rings (SSSR count). The van der Waals surface area contributed by atoms with Gasteiger partial charge in [0.15, 0.2) is 0 Å². The second-order valence-corrected chi connectivity index (χ2v) is 4.56. The molecule has 0 saturated heterocycles. The van der Waals surface area contributed by atoms with Crippen LogP contribution in [0.5, 0.6) is 0 Å². The van der Waals surface area contributed by atoms with Gasteiger partial charge in [-0.15, -0.1) is 0 Å². The fourth-order valence-corrected chi connectivity index (χ4v) is 1.06. The SMILES string of the molecule is COC(=O)CC[C@H](O)CC(=O)OC(C)(C)C. The van der Waals surface area contributed by atoms with Crippen molar-refractivity contribution in [1.29, 1.82) is 0 Å². The number of esters is 2. The highest BCUT2D eigenvalue weighted by Crippen LogP contribution is 2.11. The van der Waals surface area contributed by atoms with E-state index in [0.29, 0.717) is 0 Å². The van der Waals surface area contributed by atoms with Crippen molar-refractivity contribution in [3.8, 4) is 0 Å². The number of ether oxygens (including phenoxy) is 2. The number of hydrogen-bond donors (Lipinski definition) is 1. The van der Waals surface area contributed by atoms with Crippen molar-refractivity contribution in [1.82, 2.24) is 0 Å². The highest BCUT2D eigenvalue weighted by molar-refractivity contribution is 5.71. The Hall–Kier alpha value is -1.10. The van der Waals surface area contributed by atoms with Gasteiger partial charge in [-0.2, -0.15) is 0 Å². The van der Waals surface area contributed by atoms with Crippen LogP contribution in [0.4, 0.5) is 0 Å². The molecule has 16 heavy (non-hydrogen) atoms. The van der Waals surface area contributed by atoms with Crippen LogP contribution in [0.1, 0.15) is 40.0 Å². The van der Waals surface area contributed by atoms with Crippen LogP contribution in [-0.2, 0) is 19.1 Å². The molecule has 0 bridgehead atoms. The first kappa shape index (κ1) is 14.9. The molecule has 0 amide bonds.